The molecule has 0 aliphatic carbocycles. The number of hydrogen-bond acceptors (Lipinski definition) is 8. The molecule has 0 spiro atoms. The molecular weight excluding hydrogens is 429 g/mol. The fourth-order valence-corrected chi connectivity index (χ4v) is 4.51. The van der Waals surface area contributed by atoms with E-state index < -0.39 is 11.8 Å². The van der Waals surface area contributed by atoms with Crippen LogP contribution in [0.15, 0.2) is 24.5 Å². The minimum absolute atomic E-state index is 0.0420. The summed E-state index contributed by atoms with van der Waals surface area (Å²) in [6.07, 6.45) is 5.42. The largest absolute Gasteiger partial charge is 0.465 e. The molecule has 2 atom stereocenters. The number of rotatable bonds is 4. The van der Waals surface area contributed by atoms with Crippen LogP contribution in [0.4, 0.5) is 10.2 Å². The summed E-state index contributed by atoms with van der Waals surface area (Å²) >= 11 is 0. The lowest BCUT2D eigenvalue weighted by atomic mass is 10.1. The number of hydrogen-bond donors (Lipinski definition) is 0. The maximum absolute atomic E-state index is 15.1. The number of carbonyl (C=O) groups is 1. The lowest BCUT2D eigenvalue weighted by Crippen LogP contribution is -2.44. The number of esters is 1. The van der Waals surface area contributed by atoms with Crippen LogP contribution in [0.3, 0.4) is 0 Å². The minimum Gasteiger partial charge on any atom is -0.465 e. The van der Waals surface area contributed by atoms with Crippen LogP contribution >= 0.6 is 0 Å². The van der Waals surface area contributed by atoms with E-state index >= 15 is 4.39 Å². The van der Waals surface area contributed by atoms with Crippen molar-refractivity contribution in [2.45, 2.75) is 38.5 Å². The third-order valence-corrected chi connectivity index (χ3v) is 6.18. The van der Waals surface area contributed by atoms with Crippen molar-refractivity contribution in [3.05, 3.63) is 35.9 Å². The number of aromatic nitrogens is 4. The quantitative estimate of drug-likeness (QED) is 0.553. The first-order chi connectivity index (χ1) is 16.1. The molecule has 1 unspecified atom stereocenters. The maximum Gasteiger partial charge on any atom is 0.338 e. The molecule has 10 heteroatoms. The van der Waals surface area contributed by atoms with Crippen molar-refractivity contribution in [3.8, 4) is 11.4 Å². The lowest BCUT2D eigenvalue weighted by molar-refractivity contribution is -0.0383. The van der Waals surface area contributed by atoms with Gasteiger partial charge in [0.15, 0.2) is 12.0 Å². The topological polar surface area (TPSA) is 91.6 Å². The molecule has 0 radical (unpaired) electrons. The number of morpholine rings is 1. The van der Waals surface area contributed by atoms with Crippen LogP contribution in [-0.4, -0.2) is 65.2 Å². The summed E-state index contributed by atoms with van der Waals surface area (Å²) < 4.78 is 33.3. The summed E-state index contributed by atoms with van der Waals surface area (Å²) in [5.41, 5.74) is 1.48. The minimum atomic E-state index is -0.636. The van der Waals surface area contributed by atoms with E-state index in [1.165, 1.54) is 7.11 Å². The molecule has 0 amide bonds. The van der Waals surface area contributed by atoms with Crippen molar-refractivity contribution in [2.24, 2.45) is 0 Å². The van der Waals surface area contributed by atoms with Crippen LogP contribution in [0, 0.1) is 5.82 Å². The first-order valence-corrected chi connectivity index (χ1v) is 11.2. The van der Waals surface area contributed by atoms with E-state index in [1.807, 2.05) is 11.8 Å². The number of carbonyl (C=O) groups excluding carboxylic acids is 1. The summed E-state index contributed by atoms with van der Waals surface area (Å²) in [6, 6.07) is 3.44. The van der Waals surface area contributed by atoms with Gasteiger partial charge in [-0.05, 0) is 38.3 Å². The number of ether oxygens (including phenoxy) is 3. The Morgan fingerprint density at radius 1 is 1.30 bits per heavy atom. The van der Waals surface area contributed by atoms with Gasteiger partial charge in [0.1, 0.15) is 17.0 Å². The fourth-order valence-electron chi connectivity index (χ4n) is 4.51. The Hall–Kier alpha value is -3.11. The average Bonchev–Trinajstić information content (AvgIpc) is 3.33. The van der Waals surface area contributed by atoms with Crippen molar-refractivity contribution in [3.63, 3.8) is 0 Å². The van der Waals surface area contributed by atoms with Gasteiger partial charge in [-0.2, -0.15) is 5.10 Å². The Labute approximate surface area is 190 Å². The van der Waals surface area contributed by atoms with Gasteiger partial charge >= 0.3 is 5.97 Å². The second-order valence-corrected chi connectivity index (χ2v) is 8.30. The third-order valence-electron chi connectivity index (χ3n) is 6.18. The predicted octanol–water partition coefficient (Wildman–Crippen LogP) is 3.34. The van der Waals surface area contributed by atoms with E-state index in [9.17, 15) is 4.79 Å². The molecule has 174 valence electrons. The Balaban J connectivity index is 1.72. The summed E-state index contributed by atoms with van der Waals surface area (Å²) in [5, 5.41) is 4.53. The first kappa shape index (κ1) is 21.7. The van der Waals surface area contributed by atoms with Crippen molar-refractivity contribution in [1.29, 1.82) is 0 Å². The molecule has 33 heavy (non-hydrogen) atoms. The van der Waals surface area contributed by atoms with Gasteiger partial charge < -0.3 is 19.1 Å². The van der Waals surface area contributed by atoms with Gasteiger partial charge in [0.25, 0.3) is 0 Å². The number of methoxy groups -OCH3 is 1. The first-order valence-electron chi connectivity index (χ1n) is 11.2. The molecule has 3 aromatic heterocycles. The Morgan fingerprint density at radius 2 is 2.18 bits per heavy atom. The highest BCUT2D eigenvalue weighted by Crippen LogP contribution is 2.35. The smallest absolute Gasteiger partial charge is 0.338 e. The number of fused-ring (bicyclic) bond motifs is 1. The molecule has 0 bridgehead atoms. The number of anilines is 1. The molecule has 2 aliphatic rings. The summed E-state index contributed by atoms with van der Waals surface area (Å²) in [6.45, 7) is 4.35. The van der Waals surface area contributed by atoms with Crippen LogP contribution < -0.4 is 4.90 Å². The van der Waals surface area contributed by atoms with Crippen LogP contribution in [-0.2, 0) is 14.2 Å². The monoisotopic (exact) mass is 455 g/mol. The van der Waals surface area contributed by atoms with E-state index in [2.05, 4.69) is 10.1 Å². The van der Waals surface area contributed by atoms with Gasteiger partial charge in [0, 0.05) is 19.3 Å². The van der Waals surface area contributed by atoms with E-state index in [4.69, 9.17) is 19.2 Å². The molecule has 0 N–H and O–H groups in total. The summed E-state index contributed by atoms with van der Waals surface area (Å²) in [7, 11) is 1.28. The van der Waals surface area contributed by atoms with Gasteiger partial charge in [-0.3, -0.25) is 0 Å². The molecule has 2 aliphatic heterocycles. The Bertz CT molecular complexity index is 1180. The second-order valence-electron chi connectivity index (χ2n) is 8.30. The molecule has 0 aromatic carbocycles. The van der Waals surface area contributed by atoms with Gasteiger partial charge in [0.2, 0.25) is 0 Å². The van der Waals surface area contributed by atoms with Crippen molar-refractivity contribution < 1.29 is 23.4 Å². The van der Waals surface area contributed by atoms with E-state index in [-0.39, 0.29) is 28.7 Å². The van der Waals surface area contributed by atoms with E-state index in [1.54, 1.807) is 23.0 Å². The van der Waals surface area contributed by atoms with Crippen LogP contribution in [0.5, 0.6) is 0 Å². The van der Waals surface area contributed by atoms with E-state index in [0.29, 0.717) is 43.6 Å². The Kier molecular flexibility index (Phi) is 5.94. The highest BCUT2D eigenvalue weighted by Gasteiger charge is 2.28. The van der Waals surface area contributed by atoms with Crippen molar-refractivity contribution in [2.75, 3.05) is 38.4 Å². The highest BCUT2D eigenvalue weighted by atomic mass is 19.1. The van der Waals surface area contributed by atoms with Crippen molar-refractivity contribution in [1.82, 2.24) is 19.7 Å². The molecule has 3 aromatic rings. The van der Waals surface area contributed by atoms with Gasteiger partial charge in [0.05, 0.1) is 49.2 Å². The van der Waals surface area contributed by atoms with Gasteiger partial charge in [-0.25, -0.2) is 23.8 Å². The van der Waals surface area contributed by atoms with Crippen molar-refractivity contribution >= 4 is 22.7 Å². The molecule has 2 fully saturated rings. The van der Waals surface area contributed by atoms with Gasteiger partial charge in [-0.15, -0.1) is 0 Å². The zero-order chi connectivity index (χ0) is 22.9. The fraction of sp³-hybridized carbons (Fsp3) is 0.478. The standard InChI is InChI=1S/C23H26FN5O4/c1-14-13-32-10-8-28(14)18-11-15(23(30)31-2)20-16(24)12-25-21(22(20)27-18)17-6-7-26-29(17)19-5-3-4-9-33-19/h6-7,11-12,14,19H,3-5,8-10,13H2,1-2H3/t14-,19?/m1/s1. The SMILES string of the molecule is COC(=O)c1cc(N2CCOC[C@H]2C)nc2c(-c3ccnn3C3CCCCO3)ncc(F)c12. The summed E-state index contributed by atoms with van der Waals surface area (Å²) in [5.74, 6) is -0.722. The normalized spacial score (nSPS) is 21.4. The summed E-state index contributed by atoms with van der Waals surface area (Å²) in [4.78, 5) is 23.9. The lowest BCUT2D eigenvalue weighted by Gasteiger charge is -2.34. The molecule has 5 rings (SSSR count). The number of nitrogens with zero attached hydrogens (tertiary/aromatic N) is 5. The zero-order valence-corrected chi connectivity index (χ0v) is 18.7. The second kappa shape index (κ2) is 9.03. The molecule has 0 saturated carbocycles. The zero-order valence-electron chi connectivity index (χ0n) is 18.7. The van der Waals surface area contributed by atoms with Crippen LogP contribution in [0.1, 0.15) is 42.8 Å². The molecule has 2 saturated heterocycles. The highest BCUT2D eigenvalue weighted by molar-refractivity contribution is 6.07. The van der Waals surface area contributed by atoms with Crippen LogP contribution in [0.25, 0.3) is 22.3 Å². The Morgan fingerprint density at radius 3 is 2.94 bits per heavy atom. The van der Waals surface area contributed by atoms with E-state index in [0.717, 1.165) is 25.5 Å². The average molecular weight is 455 g/mol. The molecular formula is C23H26FN5O4. The molecule has 9 nitrogen and oxygen atoms in total. The maximum atomic E-state index is 15.1. The van der Waals surface area contributed by atoms with Gasteiger partial charge in [-0.1, -0.05) is 0 Å². The number of pyridine rings is 2. The molecule has 5 heterocycles. The predicted molar refractivity (Wildman–Crippen MR) is 119 cm³/mol. The third kappa shape index (κ3) is 3.93. The number of halogens is 1. The van der Waals surface area contributed by atoms with Crippen LogP contribution in [0.2, 0.25) is 0 Å².